The molecule has 10 heteroatoms. The summed E-state index contributed by atoms with van der Waals surface area (Å²) in [4.78, 5) is 8.54. The average molecular weight is 376 g/mol. The first-order valence-electron chi connectivity index (χ1n) is 6.99. The van der Waals surface area contributed by atoms with Gasteiger partial charge in [0, 0.05) is 31.4 Å². The lowest BCUT2D eigenvalue weighted by atomic mass is 10.4. The summed E-state index contributed by atoms with van der Waals surface area (Å²) in [6, 6.07) is 4.85. The predicted molar refractivity (Wildman–Crippen MR) is 93.9 cm³/mol. The van der Waals surface area contributed by atoms with Crippen LogP contribution in [0.1, 0.15) is 12.6 Å². The molecule has 7 nitrogen and oxygen atoms in total. The number of aromatic nitrogens is 2. The van der Waals surface area contributed by atoms with Gasteiger partial charge in [-0.3, -0.25) is 0 Å². The highest BCUT2D eigenvalue weighted by atomic mass is 35.5. The highest BCUT2D eigenvalue weighted by molar-refractivity contribution is 7.91. The van der Waals surface area contributed by atoms with Crippen LogP contribution in [0.4, 0.5) is 11.8 Å². The van der Waals surface area contributed by atoms with E-state index in [4.69, 9.17) is 11.6 Å². The third kappa shape index (κ3) is 5.31. The van der Waals surface area contributed by atoms with E-state index in [1.807, 2.05) is 13.8 Å². The standard InChI is InChI=1S/C13H18ClN5O2S2/c1-3-15-13-18-9(2)8-11(19-13)16-6-7-17-23(20,21)12-5-4-10(14)22-12/h4-5,8,17H,3,6-7H2,1-2H3,(H2,15,16,18,19). The molecule has 0 aromatic carbocycles. The van der Waals surface area contributed by atoms with Gasteiger partial charge in [-0.15, -0.1) is 11.3 Å². The number of rotatable bonds is 8. The zero-order valence-corrected chi connectivity index (χ0v) is 15.1. The second kappa shape index (κ2) is 7.91. The molecule has 0 saturated carbocycles. The Morgan fingerprint density at radius 3 is 2.65 bits per heavy atom. The molecule has 2 aromatic heterocycles. The minimum Gasteiger partial charge on any atom is -0.369 e. The fourth-order valence-electron chi connectivity index (χ4n) is 1.79. The Labute approximate surface area is 144 Å². The van der Waals surface area contributed by atoms with Gasteiger partial charge < -0.3 is 10.6 Å². The van der Waals surface area contributed by atoms with Gasteiger partial charge in [-0.25, -0.2) is 18.1 Å². The molecule has 0 saturated heterocycles. The monoisotopic (exact) mass is 375 g/mol. The topological polar surface area (TPSA) is 96.0 Å². The smallest absolute Gasteiger partial charge is 0.250 e. The normalized spacial score (nSPS) is 11.4. The Kier molecular flexibility index (Phi) is 6.17. The van der Waals surface area contributed by atoms with Crippen molar-refractivity contribution in [2.24, 2.45) is 0 Å². The van der Waals surface area contributed by atoms with Gasteiger partial charge in [0.1, 0.15) is 10.0 Å². The molecule has 2 rings (SSSR count). The Morgan fingerprint density at radius 1 is 1.22 bits per heavy atom. The molecule has 0 fully saturated rings. The summed E-state index contributed by atoms with van der Waals surface area (Å²) in [6.07, 6.45) is 0. The molecule has 0 radical (unpaired) electrons. The quantitative estimate of drug-likeness (QED) is 0.613. The molecule has 0 atom stereocenters. The third-order valence-corrected chi connectivity index (χ3v) is 5.91. The first kappa shape index (κ1) is 17.9. The van der Waals surface area contributed by atoms with Crippen LogP contribution in [0.3, 0.4) is 0 Å². The lowest BCUT2D eigenvalue weighted by Gasteiger charge is -2.09. The van der Waals surface area contributed by atoms with E-state index in [1.54, 1.807) is 12.1 Å². The van der Waals surface area contributed by atoms with Crippen molar-refractivity contribution < 1.29 is 8.42 Å². The summed E-state index contributed by atoms with van der Waals surface area (Å²) in [5.41, 5.74) is 0.826. The van der Waals surface area contributed by atoms with E-state index in [2.05, 4.69) is 25.3 Å². The minimum atomic E-state index is -3.52. The molecule has 0 unspecified atom stereocenters. The molecular weight excluding hydrogens is 358 g/mol. The number of anilines is 2. The zero-order chi connectivity index (χ0) is 16.9. The van der Waals surface area contributed by atoms with Crippen molar-refractivity contribution in [3.63, 3.8) is 0 Å². The largest absolute Gasteiger partial charge is 0.369 e. The van der Waals surface area contributed by atoms with Gasteiger partial charge in [0.15, 0.2) is 0 Å². The van der Waals surface area contributed by atoms with Crippen molar-refractivity contribution in [3.05, 3.63) is 28.2 Å². The van der Waals surface area contributed by atoms with Gasteiger partial charge in [0.2, 0.25) is 16.0 Å². The summed E-state index contributed by atoms with van der Waals surface area (Å²) in [7, 11) is -3.52. The third-order valence-electron chi connectivity index (χ3n) is 2.73. The lowest BCUT2D eigenvalue weighted by molar-refractivity contribution is 0.585. The van der Waals surface area contributed by atoms with Crippen molar-refractivity contribution >= 4 is 44.7 Å². The molecule has 23 heavy (non-hydrogen) atoms. The van der Waals surface area contributed by atoms with Crippen molar-refractivity contribution in [2.75, 3.05) is 30.3 Å². The van der Waals surface area contributed by atoms with E-state index < -0.39 is 10.0 Å². The molecule has 2 heterocycles. The molecule has 0 amide bonds. The van der Waals surface area contributed by atoms with Gasteiger partial charge in [-0.2, -0.15) is 4.98 Å². The number of sulfonamides is 1. The Hall–Kier alpha value is -1.42. The van der Waals surface area contributed by atoms with E-state index in [1.165, 1.54) is 6.07 Å². The number of hydrogen-bond donors (Lipinski definition) is 3. The van der Waals surface area contributed by atoms with Gasteiger partial charge in [-0.05, 0) is 26.0 Å². The fraction of sp³-hybridized carbons (Fsp3) is 0.385. The van der Waals surface area contributed by atoms with Crippen LogP contribution in [-0.2, 0) is 10.0 Å². The van der Waals surface area contributed by atoms with Crippen molar-refractivity contribution in [3.8, 4) is 0 Å². The SMILES string of the molecule is CCNc1nc(C)cc(NCCNS(=O)(=O)c2ccc(Cl)s2)n1. The van der Waals surface area contributed by atoms with E-state index >= 15 is 0 Å². The first-order valence-corrected chi connectivity index (χ1v) is 9.67. The molecule has 0 aliphatic carbocycles. The average Bonchev–Trinajstić information content (AvgIpc) is 2.91. The molecule has 2 aromatic rings. The zero-order valence-electron chi connectivity index (χ0n) is 12.8. The van der Waals surface area contributed by atoms with Gasteiger partial charge in [0.25, 0.3) is 0 Å². The van der Waals surface area contributed by atoms with E-state index in [-0.39, 0.29) is 10.8 Å². The van der Waals surface area contributed by atoms with Gasteiger partial charge in [-0.1, -0.05) is 11.6 Å². The Bertz CT molecular complexity index is 763. The number of halogens is 1. The summed E-state index contributed by atoms with van der Waals surface area (Å²) in [6.45, 7) is 5.20. The number of aryl methyl sites for hydroxylation is 1. The van der Waals surface area contributed by atoms with Crippen LogP contribution in [0.15, 0.2) is 22.4 Å². The summed E-state index contributed by atoms with van der Waals surface area (Å²) in [5.74, 6) is 1.19. The fourth-order valence-corrected chi connectivity index (χ4v) is 4.34. The van der Waals surface area contributed by atoms with Gasteiger partial charge >= 0.3 is 0 Å². The summed E-state index contributed by atoms with van der Waals surface area (Å²) < 4.78 is 27.2. The maximum Gasteiger partial charge on any atom is 0.250 e. The Morgan fingerprint density at radius 2 is 2.00 bits per heavy atom. The van der Waals surface area contributed by atoms with E-state index in [0.717, 1.165) is 23.6 Å². The summed E-state index contributed by atoms with van der Waals surface area (Å²) in [5, 5.41) is 6.12. The molecule has 0 bridgehead atoms. The van der Waals surface area contributed by atoms with E-state index in [9.17, 15) is 8.42 Å². The van der Waals surface area contributed by atoms with Crippen molar-refractivity contribution in [1.82, 2.24) is 14.7 Å². The highest BCUT2D eigenvalue weighted by Crippen LogP contribution is 2.25. The number of hydrogen-bond acceptors (Lipinski definition) is 7. The lowest BCUT2D eigenvalue weighted by Crippen LogP contribution is -2.28. The molecular formula is C13H18ClN5O2S2. The second-order valence-electron chi connectivity index (χ2n) is 4.63. The van der Waals surface area contributed by atoms with Crippen LogP contribution in [-0.4, -0.2) is 38.0 Å². The van der Waals surface area contributed by atoms with Gasteiger partial charge in [0.05, 0.1) is 4.34 Å². The van der Waals surface area contributed by atoms with E-state index in [0.29, 0.717) is 22.6 Å². The van der Waals surface area contributed by atoms with Crippen LogP contribution < -0.4 is 15.4 Å². The van der Waals surface area contributed by atoms with Crippen LogP contribution >= 0.6 is 22.9 Å². The molecule has 0 aliphatic heterocycles. The highest BCUT2D eigenvalue weighted by Gasteiger charge is 2.15. The number of nitrogens with zero attached hydrogens (tertiary/aromatic N) is 2. The maximum atomic E-state index is 12.0. The van der Waals surface area contributed by atoms with Crippen LogP contribution in [0.5, 0.6) is 0 Å². The maximum absolute atomic E-state index is 12.0. The van der Waals surface area contributed by atoms with Crippen molar-refractivity contribution in [2.45, 2.75) is 18.1 Å². The second-order valence-corrected chi connectivity index (χ2v) is 8.34. The molecule has 3 N–H and O–H groups in total. The minimum absolute atomic E-state index is 0.204. The van der Waals surface area contributed by atoms with Crippen LogP contribution in [0.2, 0.25) is 4.34 Å². The number of nitrogens with one attached hydrogen (secondary N) is 3. The molecule has 0 aliphatic rings. The van der Waals surface area contributed by atoms with Crippen LogP contribution in [0.25, 0.3) is 0 Å². The van der Waals surface area contributed by atoms with Crippen LogP contribution in [0, 0.1) is 6.92 Å². The molecule has 0 spiro atoms. The molecule has 126 valence electrons. The Balaban J connectivity index is 1.88. The summed E-state index contributed by atoms with van der Waals surface area (Å²) >= 11 is 6.78. The first-order chi connectivity index (χ1) is 10.9. The van der Waals surface area contributed by atoms with Crippen molar-refractivity contribution in [1.29, 1.82) is 0 Å². The number of thiophene rings is 1. The predicted octanol–water partition coefficient (Wildman–Crippen LogP) is 2.32.